The van der Waals surface area contributed by atoms with Crippen LogP contribution in [0.25, 0.3) is 0 Å². The minimum Gasteiger partial charge on any atom is -0.389 e. The highest BCUT2D eigenvalue weighted by atomic mass is 16.3. The Morgan fingerprint density at radius 3 is 2.71 bits per heavy atom. The maximum absolute atomic E-state index is 9.81. The van der Waals surface area contributed by atoms with Crippen LogP contribution >= 0.6 is 0 Å². The second-order valence-corrected chi connectivity index (χ2v) is 5.82. The van der Waals surface area contributed by atoms with Crippen molar-refractivity contribution < 1.29 is 5.11 Å². The molecule has 0 aliphatic heterocycles. The van der Waals surface area contributed by atoms with E-state index in [2.05, 4.69) is 40.0 Å². The Kier molecular flexibility index (Phi) is 4.76. The predicted molar refractivity (Wildman–Crippen MR) is 74.8 cm³/mol. The van der Waals surface area contributed by atoms with Crippen LogP contribution in [-0.2, 0) is 0 Å². The van der Waals surface area contributed by atoms with Crippen LogP contribution < -0.4 is 0 Å². The van der Waals surface area contributed by atoms with Gasteiger partial charge in [0.25, 0.3) is 0 Å². The summed E-state index contributed by atoms with van der Waals surface area (Å²) in [5, 5.41) is 9.81. The summed E-state index contributed by atoms with van der Waals surface area (Å²) >= 11 is 0. The van der Waals surface area contributed by atoms with Crippen molar-refractivity contribution in [3.8, 4) is 0 Å². The second-order valence-electron chi connectivity index (χ2n) is 5.82. The van der Waals surface area contributed by atoms with Crippen molar-refractivity contribution in [1.82, 2.24) is 0 Å². The standard InChI is InChI=1S/C16H26O/c1-6-8-13-10-9-12(3)15(16(13,4)5)11-14(17)7-2/h6-7,9,13-15,17H,1-2,8,10-11H2,3-5H3/t13-,14+,15+/m1/s1. The summed E-state index contributed by atoms with van der Waals surface area (Å²) in [6.07, 6.45) is 8.56. The lowest BCUT2D eigenvalue weighted by molar-refractivity contribution is 0.0840. The molecule has 0 bridgehead atoms. The lowest BCUT2D eigenvalue weighted by Gasteiger charge is -2.45. The molecule has 1 nitrogen and oxygen atoms in total. The zero-order chi connectivity index (χ0) is 13.1. The highest BCUT2D eigenvalue weighted by Crippen LogP contribution is 2.48. The van der Waals surface area contributed by atoms with E-state index in [1.54, 1.807) is 6.08 Å². The van der Waals surface area contributed by atoms with Gasteiger partial charge in [-0.1, -0.05) is 37.6 Å². The van der Waals surface area contributed by atoms with Crippen LogP contribution in [0.1, 0.15) is 40.0 Å². The first-order valence-electron chi connectivity index (χ1n) is 6.51. The van der Waals surface area contributed by atoms with Crippen molar-refractivity contribution in [2.75, 3.05) is 0 Å². The molecule has 0 amide bonds. The Hall–Kier alpha value is -0.820. The van der Waals surface area contributed by atoms with Crippen LogP contribution in [0.3, 0.4) is 0 Å². The van der Waals surface area contributed by atoms with Gasteiger partial charge in [-0.25, -0.2) is 0 Å². The number of aliphatic hydroxyl groups excluding tert-OH is 1. The lowest BCUT2D eigenvalue weighted by atomic mass is 9.60. The Bertz CT molecular complexity index is 311. The molecule has 1 heteroatoms. The van der Waals surface area contributed by atoms with Gasteiger partial charge in [0.15, 0.2) is 0 Å². The van der Waals surface area contributed by atoms with Gasteiger partial charge in [0, 0.05) is 0 Å². The van der Waals surface area contributed by atoms with Crippen molar-refractivity contribution in [3.05, 3.63) is 37.0 Å². The van der Waals surface area contributed by atoms with Crippen molar-refractivity contribution in [1.29, 1.82) is 0 Å². The van der Waals surface area contributed by atoms with E-state index in [0.29, 0.717) is 11.8 Å². The van der Waals surface area contributed by atoms with E-state index in [9.17, 15) is 5.11 Å². The van der Waals surface area contributed by atoms with Crippen LogP contribution in [0.4, 0.5) is 0 Å². The number of hydrogen-bond donors (Lipinski definition) is 1. The number of rotatable bonds is 5. The summed E-state index contributed by atoms with van der Waals surface area (Å²) in [6, 6.07) is 0. The number of aliphatic hydroxyl groups is 1. The third-order valence-corrected chi connectivity index (χ3v) is 4.42. The highest BCUT2D eigenvalue weighted by Gasteiger charge is 2.39. The van der Waals surface area contributed by atoms with Crippen molar-refractivity contribution in [3.63, 3.8) is 0 Å². The Balaban J connectivity index is 2.91. The van der Waals surface area contributed by atoms with E-state index >= 15 is 0 Å². The molecule has 1 N–H and O–H groups in total. The molecule has 0 saturated carbocycles. The molecule has 0 radical (unpaired) electrons. The van der Waals surface area contributed by atoms with Gasteiger partial charge >= 0.3 is 0 Å². The summed E-state index contributed by atoms with van der Waals surface area (Å²) < 4.78 is 0. The predicted octanol–water partition coefficient (Wildman–Crippen LogP) is 4.11. The Morgan fingerprint density at radius 2 is 2.18 bits per heavy atom. The minimum absolute atomic E-state index is 0.219. The van der Waals surface area contributed by atoms with Crippen LogP contribution in [0.5, 0.6) is 0 Å². The van der Waals surface area contributed by atoms with Gasteiger partial charge in [-0.15, -0.1) is 13.2 Å². The molecule has 3 atom stereocenters. The molecule has 0 spiro atoms. The van der Waals surface area contributed by atoms with E-state index in [4.69, 9.17) is 0 Å². The summed E-state index contributed by atoms with van der Waals surface area (Å²) in [7, 11) is 0. The van der Waals surface area contributed by atoms with E-state index in [1.165, 1.54) is 5.57 Å². The van der Waals surface area contributed by atoms with Gasteiger partial charge in [-0.05, 0) is 43.4 Å². The number of hydrogen-bond acceptors (Lipinski definition) is 1. The van der Waals surface area contributed by atoms with E-state index in [0.717, 1.165) is 19.3 Å². The van der Waals surface area contributed by atoms with Crippen molar-refractivity contribution >= 4 is 0 Å². The average molecular weight is 234 g/mol. The molecule has 0 saturated heterocycles. The van der Waals surface area contributed by atoms with Crippen molar-refractivity contribution in [2.45, 2.75) is 46.1 Å². The quantitative estimate of drug-likeness (QED) is 0.710. The lowest BCUT2D eigenvalue weighted by Crippen LogP contribution is -2.37. The van der Waals surface area contributed by atoms with Gasteiger partial charge in [0.1, 0.15) is 0 Å². The molecule has 96 valence electrons. The van der Waals surface area contributed by atoms with Crippen LogP contribution in [0.2, 0.25) is 0 Å². The van der Waals surface area contributed by atoms with E-state index in [-0.39, 0.29) is 5.41 Å². The zero-order valence-electron chi connectivity index (χ0n) is 11.4. The zero-order valence-corrected chi connectivity index (χ0v) is 11.4. The molecule has 1 aliphatic carbocycles. The fourth-order valence-electron chi connectivity index (χ4n) is 3.07. The highest BCUT2D eigenvalue weighted by molar-refractivity contribution is 5.15. The third kappa shape index (κ3) is 3.10. The smallest absolute Gasteiger partial charge is 0.0724 e. The minimum atomic E-state index is -0.398. The molecular weight excluding hydrogens is 208 g/mol. The summed E-state index contributed by atoms with van der Waals surface area (Å²) in [5.74, 6) is 1.07. The molecular formula is C16H26O. The topological polar surface area (TPSA) is 20.2 Å². The molecule has 0 fully saturated rings. The molecule has 1 aliphatic rings. The monoisotopic (exact) mass is 234 g/mol. The van der Waals surface area contributed by atoms with Crippen LogP contribution in [0.15, 0.2) is 37.0 Å². The molecule has 0 aromatic carbocycles. The maximum atomic E-state index is 9.81. The second kappa shape index (κ2) is 5.68. The van der Waals surface area contributed by atoms with Crippen LogP contribution in [-0.4, -0.2) is 11.2 Å². The van der Waals surface area contributed by atoms with Gasteiger partial charge in [-0.2, -0.15) is 0 Å². The van der Waals surface area contributed by atoms with Gasteiger partial charge in [0.2, 0.25) is 0 Å². The summed E-state index contributed by atoms with van der Waals surface area (Å²) in [6.45, 7) is 14.3. The molecule has 0 heterocycles. The molecule has 0 aromatic rings. The Morgan fingerprint density at radius 1 is 1.53 bits per heavy atom. The fraction of sp³-hybridized carbons (Fsp3) is 0.625. The molecule has 0 aromatic heterocycles. The van der Waals surface area contributed by atoms with Crippen LogP contribution in [0, 0.1) is 17.3 Å². The first-order valence-corrected chi connectivity index (χ1v) is 6.51. The normalized spacial score (nSPS) is 29.3. The summed E-state index contributed by atoms with van der Waals surface area (Å²) in [5.41, 5.74) is 1.63. The Labute approximate surface area is 106 Å². The largest absolute Gasteiger partial charge is 0.389 e. The van der Waals surface area contributed by atoms with E-state index < -0.39 is 6.10 Å². The SMILES string of the molecule is C=CC[C@@H]1CC=C(C)[C@H](C[C@@H](O)C=C)C1(C)C. The maximum Gasteiger partial charge on any atom is 0.0724 e. The first kappa shape index (κ1) is 14.2. The van der Waals surface area contributed by atoms with Gasteiger partial charge in [0.05, 0.1) is 6.10 Å². The third-order valence-electron chi connectivity index (χ3n) is 4.42. The van der Waals surface area contributed by atoms with E-state index in [1.807, 2.05) is 6.08 Å². The number of allylic oxidation sites excluding steroid dienone is 3. The van der Waals surface area contributed by atoms with Crippen molar-refractivity contribution in [2.24, 2.45) is 17.3 Å². The van der Waals surface area contributed by atoms with Gasteiger partial charge < -0.3 is 5.11 Å². The fourth-order valence-corrected chi connectivity index (χ4v) is 3.07. The molecule has 1 rings (SSSR count). The summed E-state index contributed by atoms with van der Waals surface area (Å²) in [4.78, 5) is 0. The first-order chi connectivity index (χ1) is 7.93. The average Bonchev–Trinajstić information content (AvgIpc) is 2.28. The van der Waals surface area contributed by atoms with Gasteiger partial charge in [-0.3, -0.25) is 0 Å². The molecule has 0 unspecified atom stereocenters. The molecule has 17 heavy (non-hydrogen) atoms.